The van der Waals surface area contributed by atoms with Crippen LogP contribution >= 0.6 is 11.6 Å². The standard InChI is InChI=1S/C14H17ClN4O2/c1-4-16-13-12(21-3)14(18-8-17-13)19-9-5-6-11(20-2)10(15)7-9/h5-8H,4H2,1-3H3,(H2,16,17,18,19). The van der Waals surface area contributed by atoms with E-state index in [4.69, 9.17) is 21.1 Å². The van der Waals surface area contributed by atoms with E-state index < -0.39 is 0 Å². The summed E-state index contributed by atoms with van der Waals surface area (Å²) in [6.07, 6.45) is 1.47. The fourth-order valence-corrected chi connectivity index (χ4v) is 2.09. The summed E-state index contributed by atoms with van der Waals surface area (Å²) in [5, 5.41) is 6.80. The van der Waals surface area contributed by atoms with E-state index in [-0.39, 0.29) is 0 Å². The van der Waals surface area contributed by atoms with Gasteiger partial charge in [-0.05, 0) is 25.1 Å². The quantitative estimate of drug-likeness (QED) is 0.853. The summed E-state index contributed by atoms with van der Waals surface area (Å²) in [4.78, 5) is 8.35. The Hall–Kier alpha value is -2.21. The number of halogens is 1. The number of nitrogens with zero attached hydrogens (tertiary/aromatic N) is 2. The summed E-state index contributed by atoms with van der Waals surface area (Å²) in [6.45, 7) is 2.72. The zero-order chi connectivity index (χ0) is 15.2. The Bertz CT molecular complexity index is 622. The number of rotatable bonds is 6. The summed E-state index contributed by atoms with van der Waals surface area (Å²) < 4.78 is 10.5. The molecular weight excluding hydrogens is 292 g/mol. The molecule has 6 nitrogen and oxygen atoms in total. The summed E-state index contributed by atoms with van der Waals surface area (Å²) in [6, 6.07) is 5.39. The lowest BCUT2D eigenvalue weighted by Gasteiger charge is -2.14. The van der Waals surface area contributed by atoms with Crippen LogP contribution in [0.5, 0.6) is 11.5 Å². The van der Waals surface area contributed by atoms with Gasteiger partial charge in [0.05, 0.1) is 19.2 Å². The van der Waals surface area contributed by atoms with Gasteiger partial charge in [-0.1, -0.05) is 11.6 Å². The Balaban J connectivity index is 2.30. The number of anilines is 3. The molecule has 112 valence electrons. The van der Waals surface area contributed by atoms with Crippen molar-refractivity contribution in [1.82, 2.24) is 9.97 Å². The molecule has 2 rings (SSSR count). The number of hydrogen-bond donors (Lipinski definition) is 2. The minimum atomic E-state index is 0.516. The molecule has 21 heavy (non-hydrogen) atoms. The van der Waals surface area contributed by atoms with E-state index in [0.717, 1.165) is 12.2 Å². The van der Waals surface area contributed by atoms with E-state index in [9.17, 15) is 0 Å². The van der Waals surface area contributed by atoms with Crippen molar-refractivity contribution in [3.05, 3.63) is 29.5 Å². The van der Waals surface area contributed by atoms with Crippen molar-refractivity contribution in [1.29, 1.82) is 0 Å². The molecule has 0 radical (unpaired) electrons. The maximum atomic E-state index is 6.11. The monoisotopic (exact) mass is 308 g/mol. The topological polar surface area (TPSA) is 68.3 Å². The molecule has 0 aliphatic carbocycles. The first-order valence-corrected chi connectivity index (χ1v) is 6.80. The molecule has 7 heteroatoms. The zero-order valence-electron chi connectivity index (χ0n) is 12.1. The van der Waals surface area contributed by atoms with E-state index in [1.165, 1.54) is 6.33 Å². The van der Waals surface area contributed by atoms with E-state index in [1.54, 1.807) is 26.4 Å². The average Bonchev–Trinajstić information content (AvgIpc) is 2.48. The van der Waals surface area contributed by atoms with Crippen LogP contribution < -0.4 is 20.1 Å². The van der Waals surface area contributed by atoms with E-state index in [2.05, 4.69) is 20.6 Å². The lowest BCUT2D eigenvalue weighted by atomic mass is 10.3. The molecule has 0 unspecified atom stereocenters. The Kier molecular flexibility index (Phi) is 5.05. The van der Waals surface area contributed by atoms with Gasteiger partial charge in [-0.15, -0.1) is 0 Å². The van der Waals surface area contributed by atoms with Crippen molar-refractivity contribution in [2.24, 2.45) is 0 Å². The molecule has 0 atom stereocenters. The molecule has 0 aliphatic rings. The Labute approximate surface area is 128 Å². The summed E-state index contributed by atoms with van der Waals surface area (Å²) in [7, 11) is 3.15. The van der Waals surface area contributed by atoms with Gasteiger partial charge in [-0.2, -0.15) is 0 Å². The maximum Gasteiger partial charge on any atom is 0.204 e. The Morgan fingerprint density at radius 2 is 1.90 bits per heavy atom. The third-order valence-electron chi connectivity index (χ3n) is 2.77. The van der Waals surface area contributed by atoms with Gasteiger partial charge >= 0.3 is 0 Å². The molecule has 1 aromatic carbocycles. The van der Waals surface area contributed by atoms with E-state index >= 15 is 0 Å². The van der Waals surface area contributed by atoms with Gasteiger partial charge in [-0.3, -0.25) is 0 Å². The van der Waals surface area contributed by atoms with Crippen LogP contribution in [0.3, 0.4) is 0 Å². The predicted molar refractivity (Wildman–Crippen MR) is 84.0 cm³/mol. The van der Waals surface area contributed by atoms with Gasteiger partial charge in [0.1, 0.15) is 12.1 Å². The third kappa shape index (κ3) is 3.46. The number of ether oxygens (including phenoxy) is 2. The molecular formula is C14H17ClN4O2. The summed E-state index contributed by atoms with van der Waals surface area (Å²) in [5.74, 6) is 2.36. The highest BCUT2D eigenvalue weighted by Gasteiger charge is 2.12. The fraction of sp³-hybridized carbons (Fsp3) is 0.286. The molecule has 0 saturated carbocycles. The van der Waals surface area contributed by atoms with Gasteiger partial charge in [0.25, 0.3) is 0 Å². The van der Waals surface area contributed by atoms with Crippen molar-refractivity contribution in [2.45, 2.75) is 6.92 Å². The maximum absolute atomic E-state index is 6.11. The van der Waals surface area contributed by atoms with E-state index in [0.29, 0.717) is 28.2 Å². The Morgan fingerprint density at radius 3 is 2.52 bits per heavy atom. The minimum Gasteiger partial charge on any atom is -0.495 e. The second-order valence-electron chi connectivity index (χ2n) is 4.11. The molecule has 2 N–H and O–H groups in total. The first-order chi connectivity index (χ1) is 10.2. The first kappa shape index (κ1) is 15.2. The normalized spacial score (nSPS) is 10.1. The summed E-state index contributed by atoms with van der Waals surface area (Å²) >= 11 is 6.11. The Morgan fingerprint density at radius 1 is 1.14 bits per heavy atom. The van der Waals surface area contributed by atoms with Crippen molar-refractivity contribution >= 4 is 28.9 Å². The second kappa shape index (κ2) is 6.99. The van der Waals surface area contributed by atoms with Crippen LogP contribution in [0.1, 0.15) is 6.92 Å². The molecule has 0 amide bonds. The number of aromatic nitrogens is 2. The van der Waals surface area contributed by atoms with Gasteiger partial charge in [0.15, 0.2) is 11.6 Å². The van der Waals surface area contributed by atoms with Crippen LogP contribution in [0, 0.1) is 0 Å². The third-order valence-corrected chi connectivity index (χ3v) is 3.06. The van der Waals surface area contributed by atoms with Crippen LogP contribution in [0.25, 0.3) is 0 Å². The lowest BCUT2D eigenvalue weighted by molar-refractivity contribution is 0.414. The molecule has 1 heterocycles. The number of methoxy groups -OCH3 is 2. The smallest absolute Gasteiger partial charge is 0.204 e. The van der Waals surface area contributed by atoms with E-state index in [1.807, 2.05) is 13.0 Å². The van der Waals surface area contributed by atoms with Gasteiger partial charge in [0, 0.05) is 12.2 Å². The molecule has 0 spiro atoms. The molecule has 0 bridgehead atoms. The number of hydrogen-bond acceptors (Lipinski definition) is 6. The molecule has 1 aromatic heterocycles. The van der Waals surface area contributed by atoms with Crippen molar-refractivity contribution < 1.29 is 9.47 Å². The molecule has 0 fully saturated rings. The molecule has 0 aliphatic heterocycles. The largest absolute Gasteiger partial charge is 0.495 e. The fourth-order valence-electron chi connectivity index (χ4n) is 1.83. The van der Waals surface area contributed by atoms with Gasteiger partial charge < -0.3 is 20.1 Å². The average molecular weight is 309 g/mol. The van der Waals surface area contributed by atoms with Crippen LogP contribution in [-0.2, 0) is 0 Å². The lowest BCUT2D eigenvalue weighted by Crippen LogP contribution is -2.05. The number of benzene rings is 1. The highest BCUT2D eigenvalue weighted by Crippen LogP contribution is 2.33. The highest BCUT2D eigenvalue weighted by atomic mass is 35.5. The highest BCUT2D eigenvalue weighted by molar-refractivity contribution is 6.32. The van der Waals surface area contributed by atoms with Gasteiger partial charge in [0.2, 0.25) is 5.75 Å². The first-order valence-electron chi connectivity index (χ1n) is 6.43. The van der Waals surface area contributed by atoms with Crippen molar-refractivity contribution in [2.75, 3.05) is 31.4 Å². The van der Waals surface area contributed by atoms with Crippen LogP contribution in [0.15, 0.2) is 24.5 Å². The van der Waals surface area contributed by atoms with Gasteiger partial charge in [-0.25, -0.2) is 9.97 Å². The number of nitrogens with one attached hydrogen (secondary N) is 2. The van der Waals surface area contributed by atoms with Crippen LogP contribution in [-0.4, -0.2) is 30.7 Å². The van der Waals surface area contributed by atoms with Crippen LogP contribution in [0.2, 0.25) is 5.02 Å². The molecule has 2 aromatic rings. The zero-order valence-corrected chi connectivity index (χ0v) is 12.9. The minimum absolute atomic E-state index is 0.516. The van der Waals surface area contributed by atoms with Crippen LogP contribution in [0.4, 0.5) is 17.3 Å². The second-order valence-corrected chi connectivity index (χ2v) is 4.52. The summed E-state index contributed by atoms with van der Waals surface area (Å²) in [5.41, 5.74) is 0.778. The van der Waals surface area contributed by atoms with Crippen molar-refractivity contribution in [3.8, 4) is 11.5 Å². The predicted octanol–water partition coefficient (Wildman–Crippen LogP) is 3.32. The SMILES string of the molecule is CCNc1ncnc(Nc2ccc(OC)c(Cl)c2)c1OC. The molecule has 0 saturated heterocycles. The van der Waals surface area contributed by atoms with Crippen molar-refractivity contribution in [3.63, 3.8) is 0 Å².